The van der Waals surface area contributed by atoms with Gasteiger partial charge in [0.1, 0.15) is 0 Å². The van der Waals surface area contributed by atoms with Crippen LogP contribution in [0, 0.1) is 0 Å². The molecule has 0 saturated carbocycles. The summed E-state index contributed by atoms with van der Waals surface area (Å²) in [6.45, 7) is 1.74. The summed E-state index contributed by atoms with van der Waals surface area (Å²) in [6, 6.07) is 5.42. The van der Waals surface area contributed by atoms with Crippen LogP contribution in [0.3, 0.4) is 0 Å². The summed E-state index contributed by atoms with van der Waals surface area (Å²) in [5.74, 6) is -0.00411. The zero-order valence-electron chi connectivity index (χ0n) is 8.33. The lowest BCUT2D eigenvalue weighted by molar-refractivity contribution is -0.115. The van der Waals surface area contributed by atoms with E-state index in [1.807, 2.05) is 6.07 Å². The van der Waals surface area contributed by atoms with Crippen LogP contribution in [-0.4, -0.2) is 16.4 Å². The summed E-state index contributed by atoms with van der Waals surface area (Å²) >= 11 is 5.81. The average Bonchev–Trinajstić information content (AvgIpc) is 2.55. The van der Waals surface area contributed by atoms with Crippen molar-refractivity contribution in [1.82, 2.24) is 0 Å². The third-order valence-corrected chi connectivity index (χ3v) is 2.77. The van der Waals surface area contributed by atoms with E-state index in [0.29, 0.717) is 6.42 Å². The minimum absolute atomic E-state index is 0.00411. The van der Waals surface area contributed by atoms with Crippen molar-refractivity contribution in [3.05, 3.63) is 29.3 Å². The maximum absolute atomic E-state index is 11.1. The van der Waals surface area contributed by atoms with E-state index >= 15 is 0 Å². The van der Waals surface area contributed by atoms with Crippen LogP contribution in [0.4, 0.5) is 5.69 Å². The number of carbonyl (C=O) groups excluding carboxylic acids is 1. The van der Waals surface area contributed by atoms with Gasteiger partial charge in [-0.05, 0) is 24.1 Å². The van der Waals surface area contributed by atoms with Crippen LogP contribution in [0.1, 0.15) is 24.2 Å². The Balaban J connectivity index is 2.31. The maximum Gasteiger partial charge on any atom is 0.228 e. The highest BCUT2D eigenvalue weighted by Gasteiger charge is 2.20. The molecule has 0 aliphatic carbocycles. The molecular weight excluding hydrogens is 214 g/mol. The van der Waals surface area contributed by atoms with Crippen molar-refractivity contribution < 1.29 is 9.90 Å². The Hall–Kier alpha value is -1.06. The first-order chi connectivity index (χ1) is 7.08. The van der Waals surface area contributed by atoms with Crippen LogP contribution >= 0.6 is 11.6 Å². The molecular formula is C11H12ClNO2. The predicted octanol–water partition coefficient (Wildman–Crippen LogP) is 1.84. The van der Waals surface area contributed by atoms with Crippen molar-refractivity contribution in [1.29, 1.82) is 0 Å². The largest absolute Gasteiger partial charge is 0.387 e. The number of benzene rings is 1. The number of rotatable bonds is 2. The zero-order chi connectivity index (χ0) is 11.0. The molecule has 3 nitrogen and oxygen atoms in total. The number of alkyl halides is 1. The lowest BCUT2D eigenvalue weighted by Crippen LogP contribution is -2.08. The SMILES string of the molecule is CC(Cl)C(O)c1ccc2c(c1)CC(=O)N2. The van der Waals surface area contributed by atoms with Crippen LogP contribution in [0.25, 0.3) is 0 Å². The Morgan fingerprint density at radius 3 is 2.93 bits per heavy atom. The quantitative estimate of drug-likeness (QED) is 0.755. The van der Waals surface area contributed by atoms with Gasteiger partial charge in [0.15, 0.2) is 0 Å². The van der Waals surface area contributed by atoms with E-state index in [1.165, 1.54) is 0 Å². The minimum atomic E-state index is -0.687. The summed E-state index contributed by atoms with van der Waals surface area (Å²) in [7, 11) is 0. The minimum Gasteiger partial charge on any atom is -0.387 e. The summed E-state index contributed by atoms with van der Waals surface area (Å²) < 4.78 is 0. The molecule has 0 spiro atoms. The number of aliphatic hydroxyl groups is 1. The number of fused-ring (bicyclic) bond motifs is 1. The Kier molecular flexibility index (Phi) is 2.67. The van der Waals surface area contributed by atoms with Crippen LogP contribution < -0.4 is 5.32 Å². The van der Waals surface area contributed by atoms with Crippen LogP contribution in [0.5, 0.6) is 0 Å². The smallest absolute Gasteiger partial charge is 0.228 e. The Bertz CT molecular complexity index is 404. The van der Waals surface area contributed by atoms with E-state index in [-0.39, 0.29) is 11.3 Å². The molecule has 80 valence electrons. The first-order valence-electron chi connectivity index (χ1n) is 4.83. The Labute approximate surface area is 93.1 Å². The Morgan fingerprint density at radius 1 is 1.53 bits per heavy atom. The molecule has 0 bridgehead atoms. The second kappa shape index (κ2) is 3.83. The average molecular weight is 226 g/mol. The second-order valence-corrected chi connectivity index (χ2v) is 4.45. The van der Waals surface area contributed by atoms with Gasteiger partial charge in [0.25, 0.3) is 0 Å². The molecule has 1 aliphatic rings. The molecule has 2 N–H and O–H groups in total. The second-order valence-electron chi connectivity index (χ2n) is 3.76. The van der Waals surface area contributed by atoms with Gasteiger partial charge in [0.2, 0.25) is 5.91 Å². The van der Waals surface area contributed by atoms with Gasteiger partial charge < -0.3 is 10.4 Å². The third kappa shape index (κ3) is 1.98. The highest BCUT2D eigenvalue weighted by molar-refractivity contribution is 6.20. The molecule has 1 aliphatic heterocycles. The van der Waals surface area contributed by atoms with E-state index in [1.54, 1.807) is 19.1 Å². The van der Waals surface area contributed by atoms with Gasteiger partial charge in [-0.25, -0.2) is 0 Å². The fourth-order valence-corrected chi connectivity index (χ4v) is 1.84. The van der Waals surface area contributed by atoms with E-state index in [2.05, 4.69) is 5.32 Å². The van der Waals surface area contributed by atoms with E-state index < -0.39 is 6.10 Å². The number of anilines is 1. The number of halogens is 1. The molecule has 1 heterocycles. The summed E-state index contributed by atoms with van der Waals surface area (Å²) in [5.41, 5.74) is 2.51. The van der Waals surface area contributed by atoms with Gasteiger partial charge in [-0.2, -0.15) is 0 Å². The maximum atomic E-state index is 11.1. The first kappa shape index (κ1) is 10.5. The number of aliphatic hydroxyl groups excluding tert-OH is 1. The van der Waals surface area contributed by atoms with Gasteiger partial charge in [-0.15, -0.1) is 11.6 Å². The number of hydrogen-bond donors (Lipinski definition) is 2. The zero-order valence-corrected chi connectivity index (χ0v) is 9.08. The fraction of sp³-hybridized carbons (Fsp3) is 0.364. The molecule has 2 rings (SSSR count). The topological polar surface area (TPSA) is 49.3 Å². The van der Waals surface area contributed by atoms with Crippen molar-refractivity contribution in [3.63, 3.8) is 0 Å². The normalized spacial score (nSPS) is 18.2. The summed E-state index contributed by atoms with van der Waals surface area (Å²) in [6.07, 6.45) is -0.306. The molecule has 0 fully saturated rings. The molecule has 0 radical (unpaired) electrons. The van der Waals surface area contributed by atoms with Crippen molar-refractivity contribution in [2.75, 3.05) is 5.32 Å². The number of hydrogen-bond acceptors (Lipinski definition) is 2. The summed E-state index contributed by atoms with van der Waals surface area (Å²) in [5, 5.41) is 12.2. The molecule has 4 heteroatoms. The molecule has 1 amide bonds. The van der Waals surface area contributed by atoms with E-state index in [0.717, 1.165) is 16.8 Å². The lowest BCUT2D eigenvalue weighted by atomic mass is 10.0. The number of carbonyl (C=O) groups is 1. The molecule has 1 aromatic carbocycles. The Morgan fingerprint density at radius 2 is 2.27 bits per heavy atom. The highest BCUT2D eigenvalue weighted by atomic mass is 35.5. The van der Waals surface area contributed by atoms with Gasteiger partial charge in [0, 0.05) is 5.69 Å². The van der Waals surface area contributed by atoms with Gasteiger partial charge >= 0.3 is 0 Å². The van der Waals surface area contributed by atoms with Crippen LogP contribution in [0.15, 0.2) is 18.2 Å². The number of nitrogens with one attached hydrogen (secondary N) is 1. The van der Waals surface area contributed by atoms with Gasteiger partial charge in [0.05, 0.1) is 17.9 Å². The highest BCUT2D eigenvalue weighted by Crippen LogP contribution is 2.28. The number of amides is 1. The molecule has 2 atom stereocenters. The van der Waals surface area contributed by atoms with Gasteiger partial charge in [-0.1, -0.05) is 12.1 Å². The first-order valence-corrected chi connectivity index (χ1v) is 5.26. The monoisotopic (exact) mass is 225 g/mol. The van der Waals surface area contributed by atoms with E-state index in [4.69, 9.17) is 11.6 Å². The van der Waals surface area contributed by atoms with Crippen molar-refractivity contribution >= 4 is 23.2 Å². The predicted molar refractivity (Wildman–Crippen MR) is 59.1 cm³/mol. The lowest BCUT2D eigenvalue weighted by Gasteiger charge is -2.13. The molecule has 0 aromatic heterocycles. The van der Waals surface area contributed by atoms with Gasteiger partial charge in [-0.3, -0.25) is 4.79 Å². The van der Waals surface area contributed by atoms with Crippen LogP contribution in [-0.2, 0) is 11.2 Å². The molecule has 0 saturated heterocycles. The standard InChI is InChI=1S/C11H12ClNO2/c1-6(12)11(15)7-2-3-9-8(4-7)5-10(14)13-9/h2-4,6,11,15H,5H2,1H3,(H,13,14). The van der Waals surface area contributed by atoms with Crippen LogP contribution in [0.2, 0.25) is 0 Å². The van der Waals surface area contributed by atoms with Crippen molar-refractivity contribution in [2.45, 2.75) is 24.8 Å². The van der Waals surface area contributed by atoms with Crippen molar-refractivity contribution in [3.8, 4) is 0 Å². The third-order valence-electron chi connectivity index (χ3n) is 2.53. The fourth-order valence-electron chi connectivity index (χ4n) is 1.70. The van der Waals surface area contributed by atoms with Crippen molar-refractivity contribution in [2.24, 2.45) is 0 Å². The molecule has 1 aromatic rings. The molecule has 2 unspecified atom stereocenters. The van der Waals surface area contributed by atoms with E-state index in [9.17, 15) is 9.90 Å². The molecule has 15 heavy (non-hydrogen) atoms. The summed E-state index contributed by atoms with van der Waals surface area (Å²) in [4.78, 5) is 11.1.